The first kappa shape index (κ1) is 44.5. The van der Waals surface area contributed by atoms with Crippen LogP contribution in [0.4, 0.5) is 0 Å². The lowest BCUT2D eigenvalue weighted by Crippen LogP contribution is -2.46. The molecular weight excluding hydrogens is 587 g/mol. The largest absolute Gasteiger partial charge is 0.756 e. The Morgan fingerprint density at radius 2 is 1.09 bits per heavy atom. The Kier molecular flexibility index (Phi) is 29.3. The van der Waals surface area contributed by atoms with Crippen LogP contribution in [-0.2, 0) is 18.4 Å². The number of likely N-dealkylation sites (N-methyl/N-ethyl adjacent to an activating group) is 1. The van der Waals surface area contributed by atoms with Crippen molar-refractivity contribution < 1.29 is 32.9 Å². The van der Waals surface area contributed by atoms with Gasteiger partial charge in [0.2, 0.25) is 5.91 Å². The van der Waals surface area contributed by atoms with E-state index in [1.165, 1.54) is 103 Å². The number of amides is 1. The van der Waals surface area contributed by atoms with Gasteiger partial charge in [-0.25, -0.2) is 0 Å². The van der Waals surface area contributed by atoms with E-state index in [4.69, 9.17) is 9.05 Å². The molecule has 0 aliphatic heterocycles. The molecular formula is C36H75N2O6P. The summed E-state index contributed by atoms with van der Waals surface area (Å²) in [5.41, 5.74) is 0. The predicted molar refractivity (Wildman–Crippen MR) is 187 cm³/mol. The van der Waals surface area contributed by atoms with Gasteiger partial charge in [0, 0.05) is 6.42 Å². The number of hydrogen-bond donors (Lipinski definition) is 2. The number of nitrogens with zero attached hydrogens (tertiary/aromatic N) is 1. The number of quaternary nitrogens is 1. The smallest absolute Gasteiger partial charge is 0.268 e. The third-order valence-electron chi connectivity index (χ3n) is 8.60. The van der Waals surface area contributed by atoms with E-state index in [0.717, 1.165) is 44.9 Å². The van der Waals surface area contributed by atoms with Gasteiger partial charge in [-0.3, -0.25) is 9.36 Å². The van der Waals surface area contributed by atoms with Gasteiger partial charge in [-0.1, -0.05) is 155 Å². The van der Waals surface area contributed by atoms with Crippen LogP contribution in [0.15, 0.2) is 0 Å². The van der Waals surface area contributed by atoms with Crippen LogP contribution in [0.5, 0.6) is 0 Å². The van der Waals surface area contributed by atoms with Gasteiger partial charge in [0.25, 0.3) is 7.82 Å². The van der Waals surface area contributed by atoms with Gasteiger partial charge in [0.1, 0.15) is 13.2 Å². The number of carbonyl (C=O) groups excluding carboxylic acids is 1. The number of rotatable bonds is 34. The molecule has 3 atom stereocenters. The Labute approximate surface area is 279 Å². The average molecular weight is 663 g/mol. The zero-order valence-electron chi connectivity index (χ0n) is 30.3. The minimum Gasteiger partial charge on any atom is -0.756 e. The molecule has 0 fully saturated rings. The number of phosphoric ester groups is 1. The number of aliphatic hydroxyl groups excluding tert-OH is 1. The lowest BCUT2D eigenvalue weighted by molar-refractivity contribution is -0.870. The van der Waals surface area contributed by atoms with Crippen LogP contribution in [0.3, 0.4) is 0 Å². The van der Waals surface area contributed by atoms with Crippen molar-refractivity contribution in [2.45, 2.75) is 187 Å². The number of unbranched alkanes of at least 4 members (excludes halogenated alkanes) is 21. The highest BCUT2D eigenvalue weighted by Crippen LogP contribution is 2.38. The van der Waals surface area contributed by atoms with Crippen LogP contribution >= 0.6 is 7.82 Å². The number of aliphatic hydroxyl groups is 1. The normalized spacial score (nSPS) is 14.7. The molecule has 0 spiro atoms. The Bertz CT molecular complexity index is 718. The Hall–Kier alpha value is -0.500. The minimum absolute atomic E-state index is 0.0145. The first-order chi connectivity index (χ1) is 21.5. The first-order valence-electron chi connectivity index (χ1n) is 18.9. The number of phosphoric acid groups is 1. The Morgan fingerprint density at radius 3 is 1.51 bits per heavy atom. The van der Waals surface area contributed by atoms with Crippen LogP contribution in [-0.4, -0.2) is 68.5 Å². The summed E-state index contributed by atoms with van der Waals surface area (Å²) in [6.07, 6.45) is 28.7. The zero-order valence-corrected chi connectivity index (χ0v) is 31.2. The summed E-state index contributed by atoms with van der Waals surface area (Å²) in [5, 5.41) is 13.7. The van der Waals surface area contributed by atoms with E-state index in [0.29, 0.717) is 23.9 Å². The van der Waals surface area contributed by atoms with Crippen LogP contribution < -0.4 is 10.2 Å². The standard InChI is InChI=1S/C36H75N2O6P/c1-6-8-10-12-13-14-15-16-17-18-19-20-21-22-23-24-25-26-27-29-35(39)34(37-36(40)30-28-11-9-7-2)33-44-45(41,42)43-32-31-38(3,4)5/h34-35,39H,6-33H2,1-5H3,(H-,37,40,41,42). The van der Waals surface area contributed by atoms with E-state index in [1.807, 2.05) is 21.1 Å². The summed E-state index contributed by atoms with van der Waals surface area (Å²) in [6, 6.07) is -0.788. The molecule has 0 heterocycles. The van der Waals surface area contributed by atoms with Gasteiger partial charge in [-0.2, -0.15) is 0 Å². The Morgan fingerprint density at radius 1 is 0.689 bits per heavy atom. The number of nitrogens with one attached hydrogen (secondary N) is 1. The maximum Gasteiger partial charge on any atom is 0.268 e. The summed E-state index contributed by atoms with van der Waals surface area (Å²) >= 11 is 0. The second-order valence-corrected chi connectivity index (χ2v) is 15.7. The highest BCUT2D eigenvalue weighted by atomic mass is 31.2. The molecule has 0 rings (SSSR count). The maximum atomic E-state index is 12.5. The summed E-state index contributed by atoms with van der Waals surface area (Å²) in [5.74, 6) is -0.182. The van der Waals surface area contributed by atoms with Gasteiger partial charge >= 0.3 is 0 Å². The quantitative estimate of drug-likeness (QED) is 0.0405. The van der Waals surface area contributed by atoms with Crippen LogP contribution in [0.25, 0.3) is 0 Å². The summed E-state index contributed by atoms with van der Waals surface area (Å²) in [4.78, 5) is 24.8. The molecule has 1 amide bonds. The lowest BCUT2D eigenvalue weighted by Gasteiger charge is -2.30. The van der Waals surface area contributed by atoms with Crippen LogP contribution in [0.1, 0.15) is 174 Å². The van der Waals surface area contributed by atoms with E-state index in [2.05, 4.69) is 19.2 Å². The fourth-order valence-corrected chi connectivity index (χ4v) is 6.23. The van der Waals surface area contributed by atoms with Crippen LogP contribution in [0.2, 0.25) is 0 Å². The fraction of sp³-hybridized carbons (Fsp3) is 0.972. The minimum atomic E-state index is -4.54. The molecule has 0 aromatic heterocycles. The van der Waals surface area contributed by atoms with Gasteiger partial charge in [0.05, 0.1) is 39.9 Å². The van der Waals surface area contributed by atoms with E-state index in [-0.39, 0.29) is 19.1 Å². The second kappa shape index (κ2) is 29.6. The molecule has 45 heavy (non-hydrogen) atoms. The molecule has 0 aromatic carbocycles. The molecule has 270 valence electrons. The lowest BCUT2D eigenvalue weighted by atomic mass is 10.0. The molecule has 0 radical (unpaired) electrons. The molecule has 9 heteroatoms. The van der Waals surface area contributed by atoms with E-state index in [9.17, 15) is 19.4 Å². The van der Waals surface area contributed by atoms with Crippen molar-refractivity contribution >= 4 is 13.7 Å². The topological polar surface area (TPSA) is 108 Å². The van der Waals surface area contributed by atoms with Crippen LogP contribution in [0, 0.1) is 0 Å². The first-order valence-corrected chi connectivity index (χ1v) is 20.3. The predicted octanol–water partition coefficient (Wildman–Crippen LogP) is 8.83. The van der Waals surface area contributed by atoms with Crippen molar-refractivity contribution in [2.24, 2.45) is 0 Å². The molecule has 2 N–H and O–H groups in total. The maximum absolute atomic E-state index is 12.5. The van der Waals surface area contributed by atoms with Crippen molar-refractivity contribution in [1.29, 1.82) is 0 Å². The van der Waals surface area contributed by atoms with Gasteiger partial charge in [-0.05, 0) is 12.8 Å². The Balaban J connectivity index is 4.14. The summed E-state index contributed by atoms with van der Waals surface area (Å²) in [7, 11) is 1.31. The van der Waals surface area contributed by atoms with E-state index < -0.39 is 20.0 Å². The monoisotopic (exact) mass is 663 g/mol. The van der Waals surface area contributed by atoms with Crippen molar-refractivity contribution in [2.75, 3.05) is 40.9 Å². The van der Waals surface area contributed by atoms with Gasteiger partial charge in [-0.15, -0.1) is 0 Å². The van der Waals surface area contributed by atoms with Gasteiger partial charge < -0.3 is 28.8 Å². The third kappa shape index (κ3) is 31.8. The number of carbonyl (C=O) groups is 1. The highest BCUT2D eigenvalue weighted by Gasteiger charge is 2.24. The average Bonchev–Trinajstić information content (AvgIpc) is 2.97. The van der Waals surface area contributed by atoms with Crippen molar-refractivity contribution in [3.05, 3.63) is 0 Å². The SMILES string of the molecule is CCCCCCCCCCCCCCCCCCCCCC(O)C(COP(=O)([O-])OCC[N+](C)(C)C)NC(=O)CCCCCC. The second-order valence-electron chi connectivity index (χ2n) is 14.3. The van der Waals surface area contributed by atoms with Gasteiger partial charge in [0.15, 0.2) is 0 Å². The van der Waals surface area contributed by atoms with Crippen molar-refractivity contribution in [3.63, 3.8) is 0 Å². The zero-order chi connectivity index (χ0) is 33.7. The van der Waals surface area contributed by atoms with Crippen molar-refractivity contribution in [1.82, 2.24) is 5.32 Å². The molecule has 0 aliphatic rings. The third-order valence-corrected chi connectivity index (χ3v) is 9.56. The molecule has 0 aromatic rings. The molecule has 0 aliphatic carbocycles. The van der Waals surface area contributed by atoms with E-state index in [1.54, 1.807) is 0 Å². The molecule has 3 unspecified atom stereocenters. The molecule has 0 saturated heterocycles. The van der Waals surface area contributed by atoms with E-state index >= 15 is 0 Å². The molecule has 8 nitrogen and oxygen atoms in total. The molecule has 0 bridgehead atoms. The van der Waals surface area contributed by atoms with Crippen molar-refractivity contribution in [3.8, 4) is 0 Å². The molecule has 0 saturated carbocycles. The number of hydrogen-bond acceptors (Lipinski definition) is 6. The summed E-state index contributed by atoms with van der Waals surface area (Å²) < 4.78 is 23.0. The fourth-order valence-electron chi connectivity index (χ4n) is 5.51. The summed E-state index contributed by atoms with van der Waals surface area (Å²) in [6.45, 7) is 4.59. The highest BCUT2D eigenvalue weighted by molar-refractivity contribution is 7.45.